The molecule has 0 spiro atoms. The fourth-order valence-corrected chi connectivity index (χ4v) is 2.38. The molecule has 0 bridgehead atoms. The number of benzene rings is 1. The van der Waals surface area contributed by atoms with Crippen LogP contribution in [0.25, 0.3) is 0 Å². The quantitative estimate of drug-likeness (QED) is 0.723. The van der Waals surface area contributed by atoms with E-state index in [2.05, 4.69) is 37.9 Å². The van der Waals surface area contributed by atoms with Crippen LogP contribution >= 0.6 is 11.6 Å². The molecule has 0 radical (unpaired) electrons. The van der Waals surface area contributed by atoms with Crippen molar-refractivity contribution >= 4 is 17.3 Å². The van der Waals surface area contributed by atoms with Gasteiger partial charge in [0.25, 0.3) is 0 Å². The second-order valence-corrected chi connectivity index (χ2v) is 5.71. The van der Waals surface area contributed by atoms with Crippen molar-refractivity contribution in [1.82, 2.24) is 0 Å². The lowest BCUT2D eigenvalue weighted by atomic mass is 10.0. The number of hydrogen-bond donors (Lipinski definition) is 1. The average molecular weight is 283 g/mol. The summed E-state index contributed by atoms with van der Waals surface area (Å²) in [5.74, 6) is 0. The van der Waals surface area contributed by atoms with E-state index in [0.717, 1.165) is 24.4 Å². The molecule has 1 aromatic carbocycles. The van der Waals surface area contributed by atoms with E-state index in [4.69, 9.17) is 17.3 Å². The topological polar surface area (TPSA) is 29.3 Å². The molecule has 1 rings (SSSR count). The van der Waals surface area contributed by atoms with Crippen LogP contribution in [0.3, 0.4) is 0 Å². The zero-order valence-corrected chi connectivity index (χ0v) is 13.2. The first-order valence-corrected chi connectivity index (χ1v) is 7.71. The predicted octanol–water partition coefficient (Wildman–Crippen LogP) is 4.25. The maximum Gasteiger partial charge on any atom is 0.0426 e. The molecule has 0 saturated carbocycles. The SMILES string of the molecule is CCCCCN(C)c1cc(Cl)ccc1CC(N)CC. The smallest absolute Gasteiger partial charge is 0.0426 e. The van der Waals surface area contributed by atoms with E-state index >= 15 is 0 Å². The first-order valence-electron chi connectivity index (χ1n) is 7.33. The monoisotopic (exact) mass is 282 g/mol. The summed E-state index contributed by atoms with van der Waals surface area (Å²) < 4.78 is 0. The summed E-state index contributed by atoms with van der Waals surface area (Å²) in [6, 6.07) is 6.36. The normalized spacial score (nSPS) is 12.5. The third kappa shape index (κ3) is 5.42. The second kappa shape index (κ2) is 8.44. The van der Waals surface area contributed by atoms with Gasteiger partial charge in [-0.2, -0.15) is 0 Å². The van der Waals surface area contributed by atoms with Gasteiger partial charge in [0.15, 0.2) is 0 Å². The summed E-state index contributed by atoms with van der Waals surface area (Å²) in [4.78, 5) is 2.30. The molecule has 0 aliphatic rings. The van der Waals surface area contributed by atoms with Crippen LogP contribution in [0, 0.1) is 0 Å². The molecule has 0 fully saturated rings. The largest absolute Gasteiger partial charge is 0.374 e. The molecule has 19 heavy (non-hydrogen) atoms. The van der Waals surface area contributed by atoms with Gasteiger partial charge < -0.3 is 10.6 Å². The van der Waals surface area contributed by atoms with Gasteiger partial charge >= 0.3 is 0 Å². The highest BCUT2D eigenvalue weighted by Gasteiger charge is 2.11. The summed E-state index contributed by atoms with van der Waals surface area (Å²) in [6.07, 6.45) is 5.66. The number of nitrogens with zero attached hydrogens (tertiary/aromatic N) is 1. The van der Waals surface area contributed by atoms with Crippen LogP contribution in [0.4, 0.5) is 5.69 Å². The van der Waals surface area contributed by atoms with Crippen molar-refractivity contribution in [2.45, 2.75) is 52.0 Å². The van der Waals surface area contributed by atoms with E-state index in [1.54, 1.807) is 0 Å². The molecule has 0 saturated heterocycles. The molecule has 0 amide bonds. The molecule has 0 aromatic heterocycles. The maximum absolute atomic E-state index is 6.13. The minimum absolute atomic E-state index is 0.226. The molecule has 0 aliphatic carbocycles. The molecule has 0 heterocycles. The van der Waals surface area contributed by atoms with E-state index in [-0.39, 0.29) is 6.04 Å². The molecule has 1 unspecified atom stereocenters. The van der Waals surface area contributed by atoms with E-state index in [0.29, 0.717) is 0 Å². The van der Waals surface area contributed by atoms with Crippen molar-refractivity contribution in [3.63, 3.8) is 0 Å². The third-order valence-electron chi connectivity index (χ3n) is 3.56. The van der Waals surface area contributed by atoms with E-state index in [9.17, 15) is 0 Å². The average Bonchev–Trinajstić information content (AvgIpc) is 2.40. The van der Waals surface area contributed by atoms with E-state index in [1.807, 2.05) is 6.07 Å². The molecule has 0 aliphatic heterocycles. The van der Waals surface area contributed by atoms with Crippen LogP contribution in [0.15, 0.2) is 18.2 Å². The predicted molar refractivity (Wildman–Crippen MR) is 86.2 cm³/mol. The molecule has 2 N–H and O–H groups in total. The van der Waals surface area contributed by atoms with Gasteiger partial charge in [-0.1, -0.05) is 44.4 Å². The van der Waals surface area contributed by atoms with Gasteiger partial charge in [0.1, 0.15) is 0 Å². The number of unbranched alkanes of at least 4 members (excludes halogenated alkanes) is 2. The zero-order valence-electron chi connectivity index (χ0n) is 12.5. The highest BCUT2D eigenvalue weighted by atomic mass is 35.5. The Balaban J connectivity index is 2.80. The fraction of sp³-hybridized carbons (Fsp3) is 0.625. The van der Waals surface area contributed by atoms with Crippen LogP contribution in [0.1, 0.15) is 45.1 Å². The van der Waals surface area contributed by atoms with Crippen LogP contribution in [0.5, 0.6) is 0 Å². The van der Waals surface area contributed by atoms with Crippen LogP contribution in [-0.4, -0.2) is 19.6 Å². The molecular formula is C16H27ClN2. The number of hydrogen-bond acceptors (Lipinski definition) is 2. The zero-order chi connectivity index (χ0) is 14.3. The Morgan fingerprint density at radius 2 is 2.00 bits per heavy atom. The fourth-order valence-electron chi connectivity index (χ4n) is 2.21. The van der Waals surface area contributed by atoms with Gasteiger partial charge in [-0.05, 0) is 37.0 Å². The van der Waals surface area contributed by atoms with Gasteiger partial charge in [-0.3, -0.25) is 0 Å². The Kier molecular flexibility index (Phi) is 7.25. The van der Waals surface area contributed by atoms with Crippen LogP contribution < -0.4 is 10.6 Å². The number of nitrogens with two attached hydrogens (primary N) is 1. The highest BCUT2D eigenvalue weighted by molar-refractivity contribution is 6.30. The van der Waals surface area contributed by atoms with Crippen LogP contribution in [0.2, 0.25) is 5.02 Å². The first-order chi connectivity index (χ1) is 9.08. The lowest BCUT2D eigenvalue weighted by Crippen LogP contribution is -2.25. The Hall–Kier alpha value is -0.730. The highest BCUT2D eigenvalue weighted by Crippen LogP contribution is 2.25. The Labute approximate surface area is 122 Å². The summed E-state index contributed by atoms with van der Waals surface area (Å²) >= 11 is 6.13. The van der Waals surface area contributed by atoms with Crippen LogP contribution in [-0.2, 0) is 6.42 Å². The maximum atomic E-state index is 6.13. The lowest BCUT2D eigenvalue weighted by Gasteiger charge is -2.24. The minimum atomic E-state index is 0.226. The molecule has 1 atom stereocenters. The summed E-state index contributed by atoms with van der Waals surface area (Å²) in [5, 5.41) is 0.797. The van der Waals surface area contributed by atoms with E-state index in [1.165, 1.54) is 30.5 Å². The third-order valence-corrected chi connectivity index (χ3v) is 3.80. The summed E-state index contributed by atoms with van der Waals surface area (Å²) in [7, 11) is 2.14. The molecule has 2 nitrogen and oxygen atoms in total. The Bertz CT molecular complexity index is 379. The van der Waals surface area contributed by atoms with Crippen molar-refractivity contribution in [1.29, 1.82) is 0 Å². The van der Waals surface area contributed by atoms with Gasteiger partial charge in [-0.25, -0.2) is 0 Å². The molecule has 108 valence electrons. The van der Waals surface area contributed by atoms with Crippen molar-refractivity contribution in [2.24, 2.45) is 5.73 Å². The minimum Gasteiger partial charge on any atom is -0.374 e. The van der Waals surface area contributed by atoms with Crippen molar-refractivity contribution in [3.05, 3.63) is 28.8 Å². The van der Waals surface area contributed by atoms with Gasteiger partial charge in [0.05, 0.1) is 0 Å². The van der Waals surface area contributed by atoms with E-state index < -0.39 is 0 Å². The Morgan fingerprint density at radius 1 is 1.26 bits per heavy atom. The van der Waals surface area contributed by atoms with Crippen molar-refractivity contribution in [3.8, 4) is 0 Å². The van der Waals surface area contributed by atoms with Gasteiger partial charge in [0.2, 0.25) is 0 Å². The number of anilines is 1. The van der Waals surface area contributed by atoms with Crippen molar-refractivity contribution < 1.29 is 0 Å². The first kappa shape index (κ1) is 16.3. The standard InChI is InChI=1S/C16H27ClN2/c1-4-6-7-10-19(3)16-12-14(17)9-8-13(16)11-15(18)5-2/h8-9,12,15H,4-7,10-11,18H2,1-3H3. The number of rotatable bonds is 8. The number of halogens is 1. The Morgan fingerprint density at radius 3 is 2.63 bits per heavy atom. The molecular weight excluding hydrogens is 256 g/mol. The molecule has 3 heteroatoms. The summed E-state index contributed by atoms with van der Waals surface area (Å²) in [6.45, 7) is 5.43. The van der Waals surface area contributed by atoms with Gasteiger partial charge in [-0.15, -0.1) is 0 Å². The molecule has 1 aromatic rings. The summed E-state index contributed by atoms with van der Waals surface area (Å²) in [5.41, 5.74) is 8.61. The van der Waals surface area contributed by atoms with Gasteiger partial charge in [0, 0.05) is 30.3 Å². The lowest BCUT2D eigenvalue weighted by molar-refractivity contribution is 0.643. The second-order valence-electron chi connectivity index (χ2n) is 5.27. The van der Waals surface area contributed by atoms with Crippen molar-refractivity contribution in [2.75, 3.05) is 18.5 Å².